The van der Waals surface area contributed by atoms with Crippen molar-refractivity contribution in [2.45, 2.75) is 32.0 Å². The second-order valence-corrected chi connectivity index (χ2v) is 5.43. The predicted molar refractivity (Wildman–Crippen MR) is 79.7 cm³/mol. The molecule has 0 spiro atoms. The van der Waals surface area contributed by atoms with E-state index in [1.165, 1.54) is 11.8 Å². The van der Waals surface area contributed by atoms with Crippen molar-refractivity contribution in [2.75, 3.05) is 37.2 Å². The van der Waals surface area contributed by atoms with Crippen LogP contribution < -0.4 is 5.32 Å². The first-order valence-corrected chi connectivity index (χ1v) is 7.94. The van der Waals surface area contributed by atoms with E-state index >= 15 is 0 Å². The summed E-state index contributed by atoms with van der Waals surface area (Å²) < 4.78 is 38.3. The number of alkyl halides is 3. The number of nitrogens with one attached hydrogen (secondary N) is 1. The van der Waals surface area contributed by atoms with Gasteiger partial charge in [0.05, 0.1) is 0 Å². The lowest BCUT2D eigenvalue weighted by atomic mass is 10.5. The summed E-state index contributed by atoms with van der Waals surface area (Å²) in [5.41, 5.74) is 0. The van der Waals surface area contributed by atoms with Crippen LogP contribution in [0.15, 0.2) is 11.1 Å². The highest BCUT2D eigenvalue weighted by Crippen LogP contribution is 2.29. The molecular weight excluding hydrogens is 301 g/mol. The molecule has 4 nitrogen and oxygen atoms in total. The average Bonchev–Trinajstić information content (AvgIpc) is 2.43. The molecule has 0 bridgehead atoms. The van der Waals surface area contributed by atoms with Crippen molar-refractivity contribution in [1.82, 2.24) is 14.9 Å². The molecule has 0 unspecified atom stereocenters. The topological polar surface area (TPSA) is 41.0 Å². The van der Waals surface area contributed by atoms with E-state index in [2.05, 4.69) is 34.0 Å². The van der Waals surface area contributed by atoms with Crippen molar-refractivity contribution >= 4 is 17.6 Å². The van der Waals surface area contributed by atoms with Crippen LogP contribution in [0.2, 0.25) is 0 Å². The number of rotatable bonds is 8. The second-order valence-electron chi connectivity index (χ2n) is 4.32. The quantitative estimate of drug-likeness (QED) is 0.587. The van der Waals surface area contributed by atoms with E-state index in [1.807, 2.05) is 6.92 Å². The predicted octanol–water partition coefficient (Wildman–Crippen LogP) is 3.36. The van der Waals surface area contributed by atoms with Crippen molar-refractivity contribution < 1.29 is 13.2 Å². The van der Waals surface area contributed by atoms with Gasteiger partial charge in [-0.1, -0.05) is 13.8 Å². The number of aromatic nitrogens is 2. The van der Waals surface area contributed by atoms with E-state index < -0.39 is 12.0 Å². The third kappa shape index (κ3) is 6.09. The van der Waals surface area contributed by atoms with Gasteiger partial charge in [-0.05, 0) is 20.0 Å². The number of anilines is 1. The minimum atomic E-state index is -4.53. The Labute approximate surface area is 127 Å². The highest BCUT2D eigenvalue weighted by atomic mass is 32.2. The highest BCUT2D eigenvalue weighted by molar-refractivity contribution is 7.99. The molecule has 0 atom stereocenters. The Bertz CT molecular complexity index is 436. The number of hydrogen-bond acceptors (Lipinski definition) is 5. The van der Waals surface area contributed by atoms with Crippen molar-refractivity contribution in [1.29, 1.82) is 0 Å². The zero-order chi connectivity index (χ0) is 15.9. The molecule has 0 aromatic carbocycles. The Kier molecular flexibility index (Phi) is 7.24. The van der Waals surface area contributed by atoms with Crippen LogP contribution in [-0.2, 0) is 6.18 Å². The lowest BCUT2D eigenvalue weighted by Crippen LogP contribution is -2.25. The molecule has 21 heavy (non-hydrogen) atoms. The van der Waals surface area contributed by atoms with Crippen LogP contribution in [0, 0.1) is 0 Å². The molecule has 0 fully saturated rings. The summed E-state index contributed by atoms with van der Waals surface area (Å²) in [6, 6.07) is 1.56. The van der Waals surface area contributed by atoms with E-state index in [9.17, 15) is 13.2 Å². The Morgan fingerprint density at radius 3 is 2.38 bits per heavy atom. The molecule has 0 saturated carbocycles. The Morgan fingerprint density at radius 2 is 1.86 bits per heavy atom. The molecule has 1 heterocycles. The fraction of sp³-hybridized carbons (Fsp3) is 0.692. The van der Waals surface area contributed by atoms with Crippen LogP contribution in [0.1, 0.15) is 26.6 Å². The SMILES string of the molecule is CCNc1cc(SCCN(CC)CC)nc(C(F)(F)F)n1. The molecule has 120 valence electrons. The van der Waals surface area contributed by atoms with Crippen LogP contribution in [0.5, 0.6) is 0 Å². The Hall–Kier alpha value is -1.02. The molecule has 1 aromatic heterocycles. The van der Waals surface area contributed by atoms with E-state index in [4.69, 9.17) is 0 Å². The molecule has 0 radical (unpaired) electrons. The number of nitrogens with zero attached hydrogens (tertiary/aromatic N) is 3. The summed E-state index contributed by atoms with van der Waals surface area (Å²) in [5, 5.41) is 3.15. The molecule has 0 amide bonds. The van der Waals surface area contributed by atoms with Gasteiger partial charge in [0.2, 0.25) is 5.82 Å². The van der Waals surface area contributed by atoms with Gasteiger partial charge in [0.15, 0.2) is 0 Å². The largest absolute Gasteiger partial charge is 0.451 e. The van der Waals surface area contributed by atoms with Crippen LogP contribution in [0.25, 0.3) is 0 Å². The molecule has 0 aliphatic heterocycles. The number of hydrogen-bond donors (Lipinski definition) is 1. The molecule has 1 N–H and O–H groups in total. The fourth-order valence-electron chi connectivity index (χ4n) is 1.72. The second kappa shape index (κ2) is 8.43. The summed E-state index contributed by atoms with van der Waals surface area (Å²) in [6.07, 6.45) is -4.53. The first kappa shape index (κ1) is 18.0. The third-order valence-corrected chi connectivity index (χ3v) is 3.76. The monoisotopic (exact) mass is 322 g/mol. The van der Waals surface area contributed by atoms with Gasteiger partial charge in [0, 0.05) is 24.9 Å². The van der Waals surface area contributed by atoms with E-state index in [0.29, 0.717) is 17.3 Å². The van der Waals surface area contributed by atoms with Gasteiger partial charge in [0.25, 0.3) is 0 Å². The lowest BCUT2D eigenvalue weighted by Gasteiger charge is -2.17. The maximum Gasteiger partial charge on any atom is 0.451 e. The summed E-state index contributed by atoms with van der Waals surface area (Å²) in [5.74, 6) is -0.182. The number of halogens is 3. The summed E-state index contributed by atoms with van der Waals surface area (Å²) >= 11 is 1.32. The zero-order valence-corrected chi connectivity index (χ0v) is 13.3. The molecular formula is C13H21F3N4S. The van der Waals surface area contributed by atoms with Crippen molar-refractivity contribution in [2.24, 2.45) is 0 Å². The van der Waals surface area contributed by atoms with Crippen LogP contribution in [0.3, 0.4) is 0 Å². The van der Waals surface area contributed by atoms with Gasteiger partial charge in [0.1, 0.15) is 10.8 Å². The van der Waals surface area contributed by atoms with E-state index in [0.717, 1.165) is 19.6 Å². The third-order valence-electron chi connectivity index (χ3n) is 2.87. The molecule has 1 rings (SSSR count). The van der Waals surface area contributed by atoms with Gasteiger partial charge in [-0.2, -0.15) is 13.2 Å². The highest BCUT2D eigenvalue weighted by Gasteiger charge is 2.35. The van der Waals surface area contributed by atoms with Gasteiger partial charge >= 0.3 is 6.18 Å². The lowest BCUT2D eigenvalue weighted by molar-refractivity contribution is -0.145. The Morgan fingerprint density at radius 1 is 1.19 bits per heavy atom. The maximum atomic E-state index is 12.8. The maximum absolute atomic E-state index is 12.8. The first-order chi connectivity index (χ1) is 9.90. The Balaban J connectivity index is 2.78. The average molecular weight is 322 g/mol. The number of thioether (sulfide) groups is 1. The van der Waals surface area contributed by atoms with Crippen molar-refractivity contribution in [3.63, 3.8) is 0 Å². The molecule has 0 saturated heterocycles. The summed E-state index contributed by atoms with van der Waals surface area (Å²) in [7, 11) is 0. The minimum absolute atomic E-state index is 0.213. The van der Waals surface area contributed by atoms with Gasteiger partial charge in [-0.25, -0.2) is 9.97 Å². The summed E-state index contributed by atoms with van der Waals surface area (Å²) in [4.78, 5) is 9.32. The van der Waals surface area contributed by atoms with Crippen LogP contribution >= 0.6 is 11.8 Å². The van der Waals surface area contributed by atoms with Crippen LogP contribution in [-0.4, -0.2) is 46.8 Å². The van der Waals surface area contributed by atoms with Crippen molar-refractivity contribution in [3.8, 4) is 0 Å². The van der Waals surface area contributed by atoms with Gasteiger partial charge < -0.3 is 10.2 Å². The van der Waals surface area contributed by atoms with E-state index in [-0.39, 0.29) is 5.82 Å². The normalized spacial score (nSPS) is 12.0. The molecule has 8 heteroatoms. The fourth-order valence-corrected chi connectivity index (χ4v) is 2.62. The van der Waals surface area contributed by atoms with Crippen molar-refractivity contribution in [3.05, 3.63) is 11.9 Å². The molecule has 1 aromatic rings. The molecule has 0 aliphatic rings. The minimum Gasteiger partial charge on any atom is -0.370 e. The summed E-state index contributed by atoms with van der Waals surface area (Å²) in [6.45, 7) is 9.11. The van der Waals surface area contributed by atoms with E-state index in [1.54, 1.807) is 6.07 Å². The smallest absolute Gasteiger partial charge is 0.370 e. The zero-order valence-electron chi connectivity index (χ0n) is 12.5. The van der Waals surface area contributed by atoms with Crippen LogP contribution in [0.4, 0.5) is 19.0 Å². The first-order valence-electron chi connectivity index (χ1n) is 6.96. The van der Waals surface area contributed by atoms with Gasteiger partial charge in [-0.15, -0.1) is 11.8 Å². The molecule has 0 aliphatic carbocycles. The van der Waals surface area contributed by atoms with Gasteiger partial charge in [-0.3, -0.25) is 0 Å². The standard InChI is InChI=1S/C13H21F3N4S/c1-4-17-10-9-11(19-12(18-10)13(14,15)16)21-8-7-20(5-2)6-3/h9H,4-8H2,1-3H3,(H,17,18,19).